The van der Waals surface area contributed by atoms with Crippen LogP contribution in [0.5, 0.6) is 0 Å². The predicted molar refractivity (Wildman–Crippen MR) is 92.9 cm³/mol. The molecule has 25 heavy (non-hydrogen) atoms. The maximum Gasteiger partial charge on any atom is 0.329 e. The molecule has 1 amide bonds. The smallest absolute Gasteiger partial charge is 0.329 e. The summed E-state index contributed by atoms with van der Waals surface area (Å²) in [5, 5.41) is 2.94. The fourth-order valence-electron chi connectivity index (χ4n) is 3.37. The molecule has 1 saturated carbocycles. The van der Waals surface area contributed by atoms with E-state index in [0.717, 1.165) is 23.0 Å². The van der Waals surface area contributed by atoms with Gasteiger partial charge in [0.1, 0.15) is 12.4 Å². The number of aryl methyl sites for hydroxylation is 1. The molecular weight excluding hydrogens is 321 g/mol. The Bertz CT molecular complexity index is 1020. The van der Waals surface area contributed by atoms with Crippen LogP contribution in [0.15, 0.2) is 53.3 Å². The van der Waals surface area contributed by atoms with E-state index in [4.69, 9.17) is 0 Å². The number of hydrogen-bond acceptors (Lipinski definition) is 2. The highest BCUT2D eigenvalue weighted by molar-refractivity contribution is 5.81. The van der Waals surface area contributed by atoms with Gasteiger partial charge in [-0.25, -0.2) is 9.18 Å². The molecule has 3 aromatic rings. The van der Waals surface area contributed by atoms with Gasteiger partial charge in [-0.05, 0) is 36.2 Å². The van der Waals surface area contributed by atoms with E-state index in [1.807, 2.05) is 30.3 Å². The van der Waals surface area contributed by atoms with Gasteiger partial charge in [-0.15, -0.1) is 0 Å². The molecule has 128 valence electrons. The van der Waals surface area contributed by atoms with Crippen molar-refractivity contribution in [1.29, 1.82) is 0 Å². The lowest BCUT2D eigenvalue weighted by atomic mass is 10.1. The minimum Gasteiger partial charge on any atom is -0.351 e. The molecule has 0 spiro atoms. The molecule has 0 aliphatic heterocycles. The van der Waals surface area contributed by atoms with Gasteiger partial charge >= 0.3 is 5.69 Å². The van der Waals surface area contributed by atoms with Gasteiger partial charge in [0.25, 0.3) is 0 Å². The number of benzene rings is 2. The molecule has 1 aliphatic carbocycles. The number of nitrogens with zero attached hydrogens (tertiary/aromatic N) is 2. The SMILES string of the molecule is Cn1c(=O)n(CC(=O)N[C@H]2C[C@H]2c2cccc(F)c2)c2ccccc21. The molecule has 0 unspecified atom stereocenters. The number of hydrogen-bond donors (Lipinski definition) is 1. The van der Waals surface area contributed by atoms with Crippen LogP contribution in [0, 0.1) is 5.82 Å². The Morgan fingerprint density at radius 1 is 1.20 bits per heavy atom. The Hall–Kier alpha value is -2.89. The summed E-state index contributed by atoms with van der Waals surface area (Å²) in [4.78, 5) is 24.7. The topological polar surface area (TPSA) is 56.0 Å². The zero-order valence-corrected chi connectivity index (χ0v) is 13.8. The third kappa shape index (κ3) is 2.84. The molecule has 0 bridgehead atoms. The van der Waals surface area contributed by atoms with Crippen molar-refractivity contribution >= 4 is 16.9 Å². The molecule has 1 aromatic heterocycles. The number of carbonyl (C=O) groups is 1. The zero-order valence-electron chi connectivity index (χ0n) is 13.8. The highest BCUT2D eigenvalue weighted by Gasteiger charge is 2.39. The maximum absolute atomic E-state index is 13.3. The number of halogens is 1. The van der Waals surface area contributed by atoms with Crippen LogP contribution in [0.2, 0.25) is 0 Å². The lowest BCUT2D eigenvalue weighted by Gasteiger charge is -2.06. The summed E-state index contributed by atoms with van der Waals surface area (Å²) in [5.74, 6) is -0.331. The molecule has 1 N–H and O–H groups in total. The number of para-hydroxylation sites is 2. The van der Waals surface area contributed by atoms with Crippen LogP contribution >= 0.6 is 0 Å². The highest BCUT2D eigenvalue weighted by Crippen LogP contribution is 2.40. The first-order chi connectivity index (χ1) is 12.0. The Morgan fingerprint density at radius 3 is 2.72 bits per heavy atom. The highest BCUT2D eigenvalue weighted by atomic mass is 19.1. The van der Waals surface area contributed by atoms with Gasteiger partial charge in [-0.2, -0.15) is 0 Å². The second kappa shape index (κ2) is 5.88. The lowest BCUT2D eigenvalue weighted by molar-refractivity contribution is -0.121. The second-order valence-corrected chi connectivity index (χ2v) is 6.49. The number of nitrogens with one attached hydrogen (secondary N) is 1. The fraction of sp³-hybridized carbons (Fsp3) is 0.263. The van der Waals surface area contributed by atoms with Crippen molar-refractivity contribution in [2.45, 2.75) is 24.9 Å². The molecular formula is C19H18FN3O2. The Kier molecular flexibility index (Phi) is 3.67. The average Bonchev–Trinajstić information content (AvgIpc) is 3.33. The van der Waals surface area contributed by atoms with Crippen molar-refractivity contribution in [1.82, 2.24) is 14.5 Å². The van der Waals surface area contributed by atoms with Crippen LogP contribution in [-0.4, -0.2) is 21.1 Å². The van der Waals surface area contributed by atoms with E-state index in [-0.39, 0.29) is 35.9 Å². The van der Waals surface area contributed by atoms with Crippen LogP contribution in [0.4, 0.5) is 4.39 Å². The van der Waals surface area contributed by atoms with E-state index < -0.39 is 0 Å². The minimum absolute atomic E-state index is 0.0000199. The van der Waals surface area contributed by atoms with E-state index >= 15 is 0 Å². The maximum atomic E-state index is 13.3. The Labute approximate surface area is 143 Å². The first kappa shape index (κ1) is 15.6. The molecule has 2 atom stereocenters. The third-order valence-corrected chi connectivity index (χ3v) is 4.77. The summed E-state index contributed by atoms with van der Waals surface area (Å²) >= 11 is 0. The van der Waals surface area contributed by atoms with E-state index in [1.54, 1.807) is 13.1 Å². The van der Waals surface area contributed by atoms with Crippen LogP contribution in [-0.2, 0) is 18.4 Å². The van der Waals surface area contributed by atoms with Gasteiger partial charge in [-0.3, -0.25) is 13.9 Å². The number of carbonyl (C=O) groups excluding carboxylic acids is 1. The van der Waals surface area contributed by atoms with Crippen molar-refractivity contribution in [3.63, 3.8) is 0 Å². The van der Waals surface area contributed by atoms with Crippen LogP contribution in [0.1, 0.15) is 17.9 Å². The molecule has 0 saturated heterocycles. The fourth-order valence-corrected chi connectivity index (χ4v) is 3.37. The summed E-state index contributed by atoms with van der Waals surface area (Å²) in [6, 6.07) is 13.9. The zero-order chi connectivity index (χ0) is 17.6. The van der Waals surface area contributed by atoms with E-state index in [2.05, 4.69) is 5.32 Å². The monoisotopic (exact) mass is 339 g/mol. The first-order valence-corrected chi connectivity index (χ1v) is 8.23. The third-order valence-electron chi connectivity index (χ3n) is 4.77. The quantitative estimate of drug-likeness (QED) is 0.792. The van der Waals surface area contributed by atoms with Crippen molar-refractivity contribution < 1.29 is 9.18 Å². The van der Waals surface area contributed by atoms with Crippen LogP contribution in [0.3, 0.4) is 0 Å². The molecule has 6 heteroatoms. The molecule has 1 aliphatic rings. The molecule has 1 fully saturated rings. The number of amides is 1. The number of imidazole rings is 1. The summed E-state index contributed by atoms with van der Waals surface area (Å²) in [6.07, 6.45) is 0.791. The molecule has 0 radical (unpaired) electrons. The molecule has 2 aromatic carbocycles. The van der Waals surface area contributed by atoms with E-state index in [1.165, 1.54) is 21.3 Å². The Balaban J connectivity index is 1.48. The first-order valence-electron chi connectivity index (χ1n) is 8.23. The summed E-state index contributed by atoms with van der Waals surface area (Å²) in [6.45, 7) is -0.0213. The van der Waals surface area contributed by atoms with Crippen molar-refractivity contribution in [3.05, 3.63) is 70.4 Å². The number of aromatic nitrogens is 2. The summed E-state index contributed by atoms with van der Waals surface area (Å²) in [7, 11) is 1.69. The largest absolute Gasteiger partial charge is 0.351 e. The second-order valence-electron chi connectivity index (χ2n) is 6.49. The van der Waals surface area contributed by atoms with E-state index in [0.29, 0.717) is 0 Å². The van der Waals surface area contributed by atoms with Gasteiger partial charge < -0.3 is 5.32 Å². The van der Waals surface area contributed by atoms with Gasteiger partial charge in [-0.1, -0.05) is 24.3 Å². The molecule has 4 rings (SSSR count). The standard InChI is InChI=1S/C19H18FN3O2/c1-22-16-7-2-3-8-17(16)23(19(22)25)11-18(24)21-15-10-14(15)12-5-4-6-13(20)9-12/h2-9,14-15H,10-11H2,1H3,(H,21,24)/t14-,15-/m0/s1. The minimum atomic E-state index is -0.267. The van der Waals surface area contributed by atoms with Crippen LogP contribution in [0.25, 0.3) is 11.0 Å². The van der Waals surface area contributed by atoms with Gasteiger partial charge in [0.15, 0.2) is 0 Å². The number of fused-ring (bicyclic) bond motifs is 1. The Morgan fingerprint density at radius 2 is 1.96 bits per heavy atom. The molecule has 1 heterocycles. The van der Waals surface area contributed by atoms with Gasteiger partial charge in [0.2, 0.25) is 5.91 Å². The van der Waals surface area contributed by atoms with Gasteiger partial charge in [0, 0.05) is 19.0 Å². The number of rotatable bonds is 4. The lowest BCUT2D eigenvalue weighted by Crippen LogP contribution is -2.34. The summed E-state index contributed by atoms with van der Waals surface area (Å²) < 4.78 is 16.3. The van der Waals surface area contributed by atoms with E-state index in [9.17, 15) is 14.0 Å². The average molecular weight is 339 g/mol. The molecule has 5 nitrogen and oxygen atoms in total. The summed E-state index contributed by atoms with van der Waals surface area (Å²) in [5.41, 5.74) is 2.22. The van der Waals surface area contributed by atoms with Crippen molar-refractivity contribution in [3.8, 4) is 0 Å². The van der Waals surface area contributed by atoms with Crippen LogP contribution < -0.4 is 11.0 Å². The van der Waals surface area contributed by atoms with Crippen molar-refractivity contribution in [2.75, 3.05) is 0 Å². The predicted octanol–water partition coefficient (Wildman–Crippen LogP) is 2.15. The normalized spacial score (nSPS) is 19.1. The van der Waals surface area contributed by atoms with Crippen molar-refractivity contribution in [2.24, 2.45) is 7.05 Å². The van der Waals surface area contributed by atoms with Gasteiger partial charge in [0.05, 0.1) is 11.0 Å².